The monoisotopic (exact) mass is 442 g/mol. The Morgan fingerprint density at radius 2 is 2.10 bits per heavy atom. The van der Waals surface area contributed by atoms with Gasteiger partial charge in [-0.3, -0.25) is 0 Å². The second-order valence-electron chi connectivity index (χ2n) is 6.99. The van der Waals surface area contributed by atoms with Crippen molar-refractivity contribution in [1.82, 2.24) is 9.27 Å². The summed E-state index contributed by atoms with van der Waals surface area (Å²) in [6.07, 6.45) is 1.73. The van der Waals surface area contributed by atoms with Crippen molar-refractivity contribution in [2.75, 3.05) is 7.05 Å². The van der Waals surface area contributed by atoms with Crippen LogP contribution < -0.4 is 4.74 Å². The number of rotatable bonds is 6. The van der Waals surface area contributed by atoms with E-state index in [2.05, 4.69) is 29.3 Å². The van der Waals surface area contributed by atoms with E-state index in [9.17, 15) is 9.65 Å². The fraction of sp³-hybridized carbons (Fsp3) is 0.227. The van der Waals surface area contributed by atoms with Crippen LogP contribution in [0.15, 0.2) is 41.4 Å². The number of nitriles is 1. The van der Waals surface area contributed by atoms with Crippen molar-refractivity contribution < 1.29 is 9.13 Å². The predicted molar refractivity (Wildman–Crippen MR) is 120 cm³/mol. The summed E-state index contributed by atoms with van der Waals surface area (Å²) in [7, 11) is 1.94. The normalized spacial score (nSPS) is 11.1. The molecule has 0 fully saturated rings. The van der Waals surface area contributed by atoms with Crippen molar-refractivity contribution in [2.45, 2.75) is 26.8 Å². The van der Waals surface area contributed by atoms with Crippen molar-refractivity contribution in [3.8, 4) is 28.1 Å². The minimum Gasteiger partial charge on any atom is -0.443 e. The number of halogens is 2. The third kappa shape index (κ3) is 4.78. The minimum atomic E-state index is -0.395. The van der Waals surface area contributed by atoms with Crippen LogP contribution in [-0.4, -0.2) is 28.7 Å². The van der Waals surface area contributed by atoms with Crippen LogP contribution >= 0.6 is 23.1 Å². The summed E-state index contributed by atoms with van der Waals surface area (Å²) in [4.78, 5) is 6.41. The molecule has 154 valence electrons. The van der Waals surface area contributed by atoms with E-state index in [-0.39, 0.29) is 5.56 Å². The smallest absolute Gasteiger partial charge is 0.218 e. The quantitative estimate of drug-likeness (QED) is 0.319. The van der Waals surface area contributed by atoms with Crippen LogP contribution in [0.1, 0.15) is 25.0 Å². The maximum atomic E-state index is 13.6. The van der Waals surface area contributed by atoms with Gasteiger partial charge in [-0.25, -0.2) is 9.38 Å². The summed E-state index contributed by atoms with van der Waals surface area (Å²) in [5.74, 6) is 0.107. The summed E-state index contributed by atoms with van der Waals surface area (Å²) in [6.45, 7) is 6.00. The summed E-state index contributed by atoms with van der Waals surface area (Å²) in [5, 5.41) is 10.4. The van der Waals surface area contributed by atoms with E-state index in [1.807, 2.05) is 24.9 Å². The van der Waals surface area contributed by atoms with Crippen molar-refractivity contribution in [3.05, 3.63) is 58.4 Å². The topological polar surface area (TPSA) is 61.5 Å². The van der Waals surface area contributed by atoms with Crippen molar-refractivity contribution in [2.24, 2.45) is 4.99 Å². The first-order chi connectivity index (χ1) is 14.3. The van der Waals surface area contributed by atoms with Crippen LogP contribution in [0.5, 0.6) is 10.8 Å². The molecule has 0 bridgehead atoms. The molecule has 0 saturated carbocycles. The highest BCUT2D eigenvalue weighted by Gasteiger charge is 2.19. The fourth-order valence-corrected chi connectivity index (χ4v) is 3.45. The van der Waals surface area contributed by atoms with Crippen LogP contribution in [-0.2, 0) is 0 Å². The lowest BCUT2D eigenvalue weighted by molar-refractivity contribution is 0.429. The molecule has 8 heteroatoms. The SMILES string of the molecule is Cc1cc(/N=C\N(C)C(C)C)c(Cl)cc1Oc1snc(-c2cccc(F)c2)c1C#N. The van der Waals surface area contributed by atoms with Crippen LogP contribution in [0.25, 0.3) is 11.3 Å². The van der Waals surface area contributed by atoms with Gasteiger partial charge in [0.25, 0.3) is 0 Å². The average Bonchev–Trinajstić information content (AvgIpc) is 3.11. The van der Waals surface area contributed by atoms with Gasteiger partial charge in [-0.2, -0.15) is 9.64 Å². The molecule has 0 amide bonds. The van der Waals surface area contributed by atoms with Crippen LogP contribution in [0, 0.1) is 24.1 Å². The Hall–Kier alpha value is -2.95. The largest absolute Gasteiger partial charge is 0.443 e. The Bertz CT molecular complexity index is 1140. The molecule has 30 heavy (non-hydrogen) atoms. The number of nitrogens with zero attached hydrogens (tertiary/aromatic N) is 4. The zero-order chi connectivity index (χ0) is 21.8. The molecule has 0 atom stereocenters. The molecular formula is C22H20ClFN4OS. The first kappa shape index (κ1) is 21.8. The Morgan fingerprint density at radius 3 is 2.77 bits per heavy atom. The molecule has 0 radical (unpaired) electrons. The van der Waals surface area contributed by atoms with Crippen molar-refractivity contribution >= 4 is 35.2 Å². The number of ether oxygens (including phenoxy) is 1. The zero-order valence-corrected chi connectivity index (χ0v) is 18.6. The summed E-state index contributed by atoms with van der Waals surface area (Å²) in [6, 6.07) is 11.9. The van der Waals surface area contributed by atoms with Crippen LogP contribution in [0.3, 0.4) is 0 Å². The Kier molecular flexibility index (Phi) is 6.70. The molecule has 0 N–H and O–H groups in total. The molecule has 0 aliphatic carbocycles. The maximum Gasteiger partial charge on any atom is 0.218 e. The standard InChI is InChI=1S/C22H20ClFN4OS/c1-13(2)28(4)12-26-19-8-14(3)20(10-18(19)23)29-22-17(11-25)21(27-30-22)15-6-5-7-16(24)9-15/h5-10,12-13H,1-4H3/b26-12-. The van der Waals surface area contributed by atoms with Crippen molar-refractivity contribution in [1.29, 1.82) is 5.26 Å². The molecule has 0 spiro atoms. The van der Waals surface area contributed by atoms with Gasteiger partial charge < -0.3 is 9.64 Å². The van der Waals surface area contributed by atoms with Gasteiger partial charge >= 0.3 is 0 Å². The second-order valence-corrected chi connectivity index (χ2v) is 8.13. The Morgan fingerprint density at radius 1 is 1.33 bits per heavy atom. The van der Waals surface area contributed by atoms with Crippen LogP contribution in [0.4, 0.5) is 10.1 Å². The van der Waals surface area contributed by atoms with Gasteiger partial charge in [-0.05, 0) is 44.5 Å². The number of aliphatic imine (C=N–C) groups is 1. The first-order valence-corrected chi connectivity index (χ1v) is 10.3. The highest BCUT2D eigenvalue weighted by atomic mass is 35.5. The second kappa shape index (κ2) is 9.24. The van der Waals surface area contributed by atoms with E-state index in [4.69, 9.17) is 16.3 Å². The van der Waals surface area contributed by atoms with Gasteiger partial charge in [0.1, 0.15) is 28.9 Å². The van der Waals surface area contributed by atoms with Gasteiger partial charge in [0.05, 0.1) is 17.0 Å². The van der Waals surface area contributed by atoms with Gasteiger partial charge in [-0.15, -0.1) is 0 Å². The van der Waals surface area contributed by atoms with E-state index in [1.54, 1.807) is 24.5 Å². The Labute approximate surface area is 184 Å². The molecule has 0 aliphatic rings. The zero-order valence-electron chi connectivity index (χ0n) is 17.0. The molecule has 3 rings (SSSR count). The number of aryl methyl sites for hydroxylation is 1. The lowest BCUT2D eigenvalue weighted by Crippen LogP contribution is -2.24. The number of hydrogen-bond acceptors (Lipinski definition) is 5. The summed E-state index contributed by atoms with van der Waals surface area (Å²) in [5.41, 5.74) is 2.59. The summed E-state index contributed by atoms with van der Waals surface area (Å²) >= 11 is 7.43. The molecule has 0 saturated heterocycles. The average molecular weight is 443 g/mol. The van der Waals surface area contributed by atoms with E-state index in [1.165, 1.54) is 12.1 Å². The Balaban J connectivity index is 1.90. The highest BCUT2D eigenvalue weighted by Crippen LogP contribution is 2.40. The first-order valence-electron chi connectivity index (χ1n) is 9.20. The van der Waals surface area contributed by atoms with E-state index in [0.29, 0.717) is 38.8 Å². The van der Waals surface area contributed by atoms with Gasteiger partial charge in [0, 0.05) is 36.3 Å². The molecule has 0 unspecified atom stereocenters. The molecule has 2 aromatic carbocycles. The summed E-state index contributed by atoms with van der Waals surface area (Å²) < 4.78 is 23.8. The lowest BCUT2D eigenvalue weighted by atomic mass is 10.1. The van der Waals surface area contributed by atoms with Gasteiger partial charge in [-0.1, -0.05) is 23.7 Å². The van der Waals surface area contributed by atoms with E-state index < -0.39 is 5.82 Å². The minimum absolute atomic E-state index is 0.252. The van der Waals surface area contributed by atoms with Gasteiger partial charge in [0.2, 0.25) is 5.06 Å². The number of benzene rings is 2. The molecule has 5 nitrogen and oxygen atoms in total. The predicted octanol–water partition coefficient (Wildman–Crippen LogP) is 6.58. The van der Waals surface area contributed by atoms with Gasteiger partial charge in [0.15, 0.2) is 0 Å². The molecule has 1 heterocycles. The number of aromatic nitrogens is 1. The molecular weight excluding hydrogens is 423 g/mol. The highest BCUT2D eigenvalue weighted by molar-refractivity contribution is 7.08. The maximum absolute atomic E-state index is 13.6. The lowest BCUT2D eigenvalue weighted by Gasteiger charge is -2.17. The molecule has 0 aliphatic heterocycles. The van der Waals surface area contributed by atoms with Crippen LogP contribution in [0.2, 0.25) is 5.02 Å². The van der Waals surface area contributed by atoms with E-state index in [0.717, 1.165) is 17.1 Å². The molecule has 3 aromatic rings. The van der Waals surface area contributed by atoms with Crippen molar-refractivity contribution in [3.63, 3.8) is 0 Å². The third-order valence-corrected chi connectivity index (χ3v) is 5.54. The third-order valence-electron chi connectivity index (χ3n) is 4.51. The molecule has 1 aromatic heterocycles. The fourth-order valence-electron chi connectivity index (χ4n) is 2.52. The van der Waals surface area contributed by atoms with E-state index >= 15 is 0 Å². The number of hydrogen-bond donors (Lipinski definition) is 0.